The molecule has 3 aromatic heterocycles. The third kappa shape index (κ3) is 3.57. The number of amides is 2. The van der Waals surface area contributed by atoms with Gasteiger partial charge in [0.1, 0.15) is 5.15 Å². The molecule has 0 atom stereocenters. The average molecular weight is 462 g/mol. The molecule has 31 heavy (non-hydrogen) atoms. The topological polar surface area (TPSA) is 89.2 Å². The summed E-state index contributed by atoms with van der Waals surface area (Å²) in [7, 11) is 3.50. The van der Waals surface area contributed by atoms with Crippen molar-refractivity contribution in [2.24, 2.45) is 14.1 Å². The van der Waals surface area contributed by atoms with E-state index in [0.29, 0.717) is 52.6 Å². The minimum Gasteiger partial charge on any atom is -0.268 e. The quantitative estimate of drug-likeness (QED) is 0.559. The largest absolute Gasteiger partial charge is 0.275 e. The molecule has 4 rings (SSSR count). The molecule has 3 aromatic rings. The maximum atomic E-state index is 13.3. The van der Waals surface area contributed by atoms with Gasteiger partial charge in [-0.1, -0.05) is 23.2 Å². The van der Waals surface area contributed by atoms with Crippen molar-refractivity contribution in [1.29, 1.82) is 0 Å². The first-order valence-electron chi connectivity index (χ1n) is 9.69. The summed E-state index contributed by atoms with van der Waals surface area (Å²) in [5.41, 5.74) is 2.90. The smallest absolute Gasteiger partial charge is 0.268 e. The van der Waals surface area contributed by atoms with Gasteiger partial charge in [0.2, 0.25) is 0 Å². The number of halogens is 2. The molecule has 1 saturated heterocycles. The van der Waals surface area contributed by atoms with Gasteiger partial charge in [-0.2, -0.15) is 10.2 Å². The van der Waals surface area contributed by atoms with E-state index in [4.69, 9.17) is 23.2 Å². The highest BCUT2D eigenvalue weighted by atomic mass is 35.5. The zero-order valence-corrected chi connectivity index (χ0v) is 19.1. The van der Waals surface area contributed by atoms with E-state index >= 15 is 0 Å². The number of hydrazine groups is 1. The van der Waals surface area contributed by atoms with E-state index in [-0.39, 0.29) is 22.4 Å². The summed E-state index contributed by atoms with van der Waals surface area (Å²) >= 11 is 12.8. The molecule has 0 unspecified atom stereocenters. The first-order chi connectivity index (χ1) is 14.7. The fourth-order valence-corrected chi connectivity index (χ4v) is 4.37. The molecule has 1 aliphatic heterocycles. The lowest BCUT2D eigenvalue weighted by Crippen LogP contribution is -2.44. The standard InChI is InChI=1S/C20H21Cl2N7O2/c1-11-13(18(22)26(3)24-11)6-7-15(30)28-8-5-9-29(28)20(31)14-10-23-19-16(17(14)21)12(2)25-27(19)4/h6-7,10H,5,8-9H2,1-4H3/b7-6+. The number of carbonyl (C=O) groups excluding carboxylic acids is 2. The van der Waals surface area contributed by atoms with Gasteiger partial charge in [0.25, 0.3) is 11.8 Å². The lowest BCUT2D eigenvalue weighted by molar-refractivity contribution is -0.134. The predicted molar refractivity (Wildman–Crippen MR) is 118 cm³/mol. The number of fused-ring (bicyclic) bond motifs is 1. The Bertz CT molecular complexity index is 1240. The van der Waals surface area contributed by atoms with Gasteiger partial charge >= 0.3 is 0 Å². The van der Waals surface area contributed by atoms with Gasteiger partial charge in [0.05, 0.1) is 27.4 Å². The van der Waals surface area contributed by atoms with Crippen molar-refractivity contribution in [2.45, 2.75) is 20.3 Å². The third-order valence-corrected chi connectivity index (χ3v) is 6.14. The number of nitrogens with zero attached hydrogens (tertiary/aromatic N) is 7. The summed E-state index contributed by atoms with van der Waals surface area (Å²) in [6.45, 7) is 4.46. The summed E-state index contributed by atoms with van der Waals surface area (Å²) in [6, 6.07) is 0. The highest BCUT2D eigenvalue weighted by Gasteiger charge is 2.32. The first-order valence-corrected chi connectivity index (χ1v) is 10.4. The van der Waals surface area contributed by atoms with Gasteiger partial charge in [-0.3, -0.25) is 19.0 Å². The van der Waals surface area contributed by atoms with Crippen LogP contribution in [0.1, 0.15) is 33.7 Å². The Hall–Kier alpha value is -2.91. The van der Waals surface area contributed by atoms with Crippen molar-refractivity contribution >= 4 is 52.1 Å². The lowest BCUT2D eigenvalue weighted by Gasteiger charge is -2.27. The van der Waals surface area contributed by atoms with E-state index in [1.807, 2.05) is 13.8 Å². The Morgan fingerprint density at radius 2 is 1.71 bits per heavy atom. The minimum absolute atomic E-state index is 0.236. The second-order valence-electron chi connectivity index (χ2n) is 7.38. The summed E-state index contributed by atoms with van der Waals surface area (Å²) in [5, 5.41) is 12.7. The van der Waals surface area contributed by atoms with E-state index in [2.05, 4.69) is 15.2 Å². The predicted octanol–water partition coefficient (Wildman–Crippen LogP) is 2.93. The maximum Gasteiger partial charge on any atom is 0.275 e. The lowest BCUT2D eigenvalue weighted by atomic mass is 10.2. The van der Waals surface area contributed by atoms with Crippen LogP contribution in [-0.4, -0.2) is 59.5 Å². The highest BCUT2D eigenvalue weighted by Crippen LogP contribution is 2.30. The summed E-state index contributed by atoms with van der Waals surface area (Å²) in [4.78, 5) is 30.5. The molecule has 0 radical (unpaired) electrons. The molecule has 1 fully saturated rings. The van der Waals surface area contributed by atoms with Gasteiger partial charge in [0, 0.05) is 45.0 Å². The van der Waals surface area contributed by atoms with Crippen molar-refractivity contribution in [1.82, 2.24) is 34.6 Å². The van der Waals surface area contributed by atoms with E-state index in [0.717, 1.165) is 0 Å². The van der Waals surface area contributed by atoms with Crippen molar-refractivity contribution in [3.8, 4) is 0 Å². The zero-order chi connectivity index (χ0) is 22.4. The van der Waals surface area contributed by atoms with Gasteiger partial charge in [-0.05, 0) is 26.3 Å². The molecule has 0 aliphatic carbocycles. The average Bonchev–Trinajstić information content (AvgIpc) is 3.38. The van der Waals surface area contributed by atoms with E-state index in [9.17, 15) is 9.59 Å². The van der Waals surface area contributed by atoms with Crippen LogP contribution >= 0.6 is 23.2 Å². The summed E-state index contributed by atoms with van der Waals surface area (Å²) in [6.07, 6.45) is 5.12. The van der Waals surface area contributed by atoms with E-state index < -0.39 is 0 Å². The Labute approximate surface area is 188 Å². The van der Waals surface area contributed by atoms with Crippen molar-refractivity contribution < 1.29 is 9.59 Å². The number of pyridine rings is 1. The number of carbonyl (C=O) groups is 2. The molecular formula is C20H21Cl2N7O2. The zero-order valence-electron chi connectivity index (χ0n) is 17.6. The van der Waals surface area contributed by atoms with Gasteiger partial charge in [-0.15, -0.1) is 0 Å². The fraction of sp³-hybridized carbons (Fsp3) is 0.350. The van der Waals surface area contributed by atoms with Crippen LogP contribution < -0.4 is 0 Å². The minimum atomic E-state index is -0.377. The molecule has 0 spiro atoms. The van der Waals surface area contributed by atoms with Crippen LogP contribution in [0.5, 0.6) is 0 Å². The molecular weight excluding hydrogens is 441 g/mol. The number of hydrogen-bond acceptors (Lipinski definition) is 5. The van der Waals surface area contributed by atoms with Crippen molar-refractivity contribution in [3.63, 3.8) is 0 Å². The van der Waals surface area contributed by atoms with Gasteiger partial charge < -0.3 is 0 Å². The molecule has 0 N–H and O–H groups in total. The Morgan fingerprint density at radius 3 is 2.39 bits per heavy atom. The van der Waals surface area contributed by atoms with Crippen LogP contribution in [0.4, 0.5) is 0 Å². The van der Waals surface area contributed by atoms with Crippen molar-refractivity contribution in [2.75, 3.05) is 13.1 Å². The van der Waals surface area contributed by atoms with Crippen LogP contribution in [0.15, 0.2) is 12.3 Å². The molecule has 0 aromatic carbocycles. The second kappa shape index (κ2) is 7.97. The molecule has 4 heterocycles. The van der Waals surface area contributed by atoms with Crippen LogP contribution in [-0.2, 0) is 18.9 Å². The van der Waals surface area contributed by atoms with E-state index in [1.54, 1.807) is 24.9 Å². The number of aromatic nitrogens is 5. The monoisotopic (exact) mass is 461 g/mol. The normalized spacial score (nSPS) is 14.4. The molecule has 0 saturated carbocycles. The van der Waals surface area contributed by atoms with Crippen LogP contribution in [0.3, 0.4) is 0 Å². The Kier molecular flexibility index (Phi) is 5.49. The molecule has 9 nitrogen and oxygen atoms in total. The molecule has 162 valence electrons. The molecule has 11 heteroatoms. The van der Waals surface area contributed by atoms with Gasteiger partial charge in [-0.25, -0.2) is 15.0 Å². The number of aryl methyl sites for hydroxylation is 4. The van der Waals surface area contributed by atoms with Crippen LogP contribution in [0.25, 0.3) is 17.1 Å². The summed E-state index contributed by atoms with van der Waals surface area (Å²) in [5.74, 6) is -0.703. The van der Waals surface area contributed by atoms with Gasteiger partial charge in [0.15, 0.2) is 5.65 Å². The first kappa shape index (κ1) is 21.3. The van der Waals surface area contributed by atoms with Crippen LogP contribution in [0.2, 0.25) is 10.2 Å². The number of hydrogen-bond donors (Lipinski definition) is 0. The second-order valence-corrected chi connectivity index (χ2v) is 8.12. The number of rotatable bonds is 3. The van der Waals surface area contributed by atoms with Crippen molar-refractivity contribution in [3.05, 3.63) is 45.0 Å². The molecule has 1 aliphatic rings. The Morgan fingerprint density at radius 1 is 1.03 bits per heavy atom. The third-order valence-electron chi connectivity index (χ3n) is 5.30. The molecule has 0 bridgehead atoms. The molecule has 2 amide bonds. The maximum absolute atomic E-state index is 13.3. The fourth-order valence-electron chi connectivity index (χ4n) is 3.78. The highest BCUT2D eigenvalue weighted by molar-refractivity contribution is 6.38. The van der Waals surface area contributed by atoms with E-state index in [1.165, 1.54) is 27.0 Å². The van der Waals surface area contributed by atoms with Crippen LogP contribution in [0, 0.1) is 13.8 Å². The Balaban J connectivity index is 1.61. The summed E-state index contributed by atoms with van der Waals surface area (Å²) < 4.78 is 3.16. The SMILES string of the molecule is Cc1nn(C)c(Cl)c1/C=C/C(=O)N1CCCN1C(=O)c1cnc2c(c(C)nn2C)c1Cl.